The average Bonchev–Trinajstić information content (AvgIpc) is 2.63. The Kier molecular flexibility index (Phi) is 7.20. The molecular weight excluding hydrogens is 316 g/mol. The van der Waals surface area contributed by atoms with Crippen LogP contribution in [0.1, 0.15) is 45.7 Å². The molecule has 1 fully saturated rings. The van der Waals surface area contributed by atoms with E-state index in [9.17, 15) is 9.90 Å². The Hall–Kier alpha value is -1.66. The van der Waals surface area contributed by atoms with Gasteiger partial charge in [-0.3, -0.25) is 9.88 Å². The molecule has 1 aliphatic heterocycles. The van der Waals surface area contributed by atoms with E-state index >= 15 is 0 Å². The molecular formula is C19H32N4O2. The largest absolute Gasteiger partial charge is 0.388 e. The van der Waals surface area contributed by atoms with E-state index in [0.717, 1.165) is 31.7 Å². The van der Waals surface area contributed by atoms with E-state index < -0.39 is 5.60 Å². The summed E-state index contributed by atoms with van der Waals surface area (Å²) in [6, 6.07) is 5.97. The number of likely N-dealkylation sites (tertiary alicyclic amines) is 1. The summed E-state index contributed by atoms with van der Waals surface area (Å²) in [5.74, 6) is 0.374. The first-order chi connectivity index (χ1) is 12.0. The normalized spacial score (nSPS) is 21.8. The lowest BCUT2D eigenvalue weighted by molar-refractivity contribution is 0.0346. The van der Waals surface area contributed by atoms with Crippen LogP contribution in [0.4, 0.5) is 4.79 Å². The van der Waals surface area contributed by atoms with Crippen LogP contribution in [0.5, 0.6) is 0 Å². The molecule has 6 nitrogen and oxygen atoms in total. The Morgan fingerprint density at radius 3 is 2.76 bits per heavy atom. The molecule has 2 rings (SSSR count). The molecule has 2 unspecified atom stereocenters. The molecule has 1 saturated heterocycles. The number of pyridine rings is 1. The topological polar surface area (TPSA) is 77.5 Å². The number of urea groups is 1. The van der Waals surface area contributed by atoms with Gasteiger partial charge in [-0.25, -0.2) is 4.79 Å². The van der Waals surface area contributed by atoms with Crippen molar-refractivity contribution in [3.8, 4) is 0 Å². The maximum absolute atomic E-state index is 12.2. The molecule has 0 aliphatic carbocycles. The van der Waals surface area contributed by atoms with Crippen LogP contribution in [-0.4, -0.2) is 52.3 Å². The average molecular weight is 348 g/mol. The van der Waals surface area contributed by atoms with Gasteiger partial charge in [-0.15, -0.1) is 0 Å². The lowest BCUT2D eigenvalue weighted by atomic mass is 9.93. The van der Waals surface area contributed by atoms with E-state index in [4.69, 9.17) is 0 Å². The first kappa shape index (κ1) is 19.7. The van der Waals surface area contributed by atoms with Crippen LogP contribution in [0.3, 0.4) is 0 Å². The molecule has 1 aromatic heterocycles. The number of carbonyl (C=O) groups is 1. The minimum Gasteiger partial charge on any atom is -0.388 e. The van der Waals surface area contributed by atoms with E-state index in [2.05, 4.69) is 27.4 Å². The monoisotopic (exact) mass is 348 g/mol. The predicted octanol–water partition coefficient (Wildman–Crippen LogP) is 2.14. The van der Waals surface area contributed by atoms with E-state index in [0.29, 0.717) is 25.3 Å². The van der Waals surface area contributed by atoms with Gasteiger partial charge < -0.3 is 15.7 Å². The third-order valence-corrected chi connectivity index (χ3v) is 5.31. The summed E-state index contributed by atoms with van der Waals surface area (Å²) in [5.41, 5.74) is 0.270. The van der Waals surface area contributed by atoms with Crippen molar-refractivity contribution in [2.24, 2.45) is 5.92 Å². The fraction of sp³-hybridized carbons (Fsp3) is 0.684. The minimum absolute atomic E-state index is 0.163. The smallest absolute Gasteiger partial charge is 0.315 e. The zero-order valence-corrected chi connectivity index (χ0v) is 15.7. The molecule has 2 atom stereocenters. The molecule has 0 saturated carbocycles. The fourth-order valence-corrected chi connectivity index (χ4v) is 3.27. The van der Waals surface area contributed by atoms with Crippen molar-refractivity contribution in [3.05, 3.63) is 30.1 Å². The Bertz CT molecular complexity index is 533. The van der Waals surface area contributed by atoms with Crippen molar-refractivity contribution in [1.82, 2.24) is 20.5 Å². The zero-order chi connectivity index (χ0) is 18.3. The van der Waals surface area contributed by atoms with Gasteiger partial charge in [-0.2, -0.15) is 0 Å². The molecule has 0 bridgehead atoms. The molecule has 140 valence electrons. The van der Waals surface area contributed by atoms with Crippen molar-refractivity contribution in [1.29, 1.82) is 0 Å². The molecule has 6 heteroatoms. The van der Waals surface area contributed by atoms with E-state index in [1.165, 1.54) is 0 Å². The molecule has 3 N–H and O–H groups in total. The highest BCUT2D eigenvalue weighted by molar-refractivity contribution is 5.74. The van der Waals surface area contributed by atoms with Crippen molar-refractivity contribution < 1.29 is 9.90 Å². The van der Waals surface area contributed by atoms with E-state index in [1.54, 1.807) is 0 Å². The van der Waals surface area contributed by atoms with Crippen LogP contribution in [0.2, 0.25) is 0 Å². The van der Waals surface area contributed by atoms with Gasteiger partial charge in [-0.1, -0.05) is 26.8 Å². The quantitative estimate of drug-likeness (QED) is 0.705. The van der Waals surface area contributed by atoms with Crippen LogP contribution in [0.25, 0.3) is 0 Å². The number of piperidine rings is 1. The molecule has 1 aromatic rings. The second-order valence-corrected chi connectivity index (χ2v) is 7.19. The second kappa shape index (κ2) is 9.15. The Morgan fingerprint density at radius 2 is 2.16 bits per heavy atom. The standard InChI is InChI=1S/C19H32N4O2/c1-4-19(25,5-2)14-21-18(24)22-17-9-11-23(12-15(17)3)13-16-8-6-7-10-20-16/h6-8,10,15,17,25H,4-5,9,11-14H2,1-3H3,(H2,21,22,24). The van der Waals surface area contributed by atoms with Crippen molar-refractivity contribution in [2.75, 3.05) is 19.6 Å². The summed E-state index contributed by atoms with van der Waals surface area (Å²) in [6.07, 6.45) is 4.01. The molecule has 2 amide bonds. The van der Waals surface area contributed by atoms with Crippen LogP contribution in [-0.2, 0) is 6.54 Å². The van der Waals surface area contributed by atoms with Gasteiger partial charge in [-0.05, 0) is 37.3 Å². The van der Waals surface area contributed by atoms with Crippen LogP contribution in [0, 0.1) is 5.92 Å². The number of nitrogens with zero attached hydrogens (tertiary/aromatic N) is 2. The summed E-state index contributed by atoms with van der Waals surface area (Å²) < 4.78 is 0. The summed E-state index contributed by atoms with van der Waals surface area (Å²) in [5, 5.41) is 16.1. The lowest BCUT2D eigenvalue weighted by Gasteiger charge is -2.37. The lowest BCUT2D eigenvalue weighted by Crippen LogP contribution is -2.54. The second-order valence-electron chi connectivity index (χ2n) is 7.19. The van der Waals surface area contributed by atoms with Gasteiger partial charge in [0.2, 0.25) is 0 Å². The molecule has 0 aromatic carbocycles. The van der Waals surface area contributed by atoms with E-state index in [-0.39, 0.29) is 12.1 Å². The first-order valence-electron chi connectivity index (χ1n) is 9.34. The van der Waals surface area contributed by atoms with Crippen molar-refractivity contribution in [3.63, 3.8) is 0 Å². The number of aliphatic hydroxyl groups is 1. The number of hydrogen-bond donors (Lipinski definition) is 3. The Labute approximate surface area is 151 Å². The predicted molar refractivity (Wildman–Crippen MR) is 99.1 cm³/mol. The molecule has 0 radical (unpaired) electrons. The van der Waals surface area contributed by atoms with Crippen molar-refractivity contribution >= 4 is 6.03 Å². The molecule has 25 heavy (non-hydrogen) atoms. The van der Waals surface area contributed by atoms with Crippen molar-refractivity contribution in [2.45, 2.75) is 58.2 Å². The van der Waals surface area contributed by atoms with Gasteiger partial charge >= 0.3 is 6.03 Å². The third kappa shape index (κ3) is 5.97. The number of hydrogen-bond acceptors (Lipinski definition) is 4. The zero-order valence-electron chi connectivity index (χ0n) is 15.7. The van der Waals surface area contributed by atoms with Crippen LogP contribution >= 0.6 is 0 Å². The van der Waals surface area contributed by atoms with Gasteiger partial charge in [0.05, 0.1) is 11.3 Å². The number of aromatic nitrogens is 1. The maximum Gasteiger partial charge on any atom is 0.315 e. The van der Waals surface area contributed by atoms with E-state index in [1.807, 2.05) is 38.2 Å². The summed E-state index contributed by atoms with van der Waals surface area (Å²) in [4.78, 5) is 18.9. The Morgan fingerprint density at radius 1 is 1.40 bits per heavy atom. The number of amides is 2. The summed E-state index contributed by atoms with van der Waals surface area (Å²) >= 11 is 0. The van der Waals surface area contributed by atoms with Gasteiger partial charge in [0.15, 0.2) is 0 Å². The van der Waals surface area contributed by atoms with Crippen LogP contribution < -0.4 is 10.6 Å². The third-order valence-electron chi connectivity index (χ3n) is 5.31. The molecule has 0 spiro atoms. The van der Waals surface area contributed by atoms with Gasteiger partial charge in [0.1, 0.15) is 0 Å². The Balaban J connectivity index is 1.76. The van der Waals surface area contributed by atoms with Crippen LogP contribution in [0.15, 0.2) is 24.4 Å². The highest BCUT2D eigenvalue weighted by Gasteiger charge is 2.28. The minimum atomic E-state index is -0.811. The van der Waals surface area contributed by atoms with Gasteiger partial charge in [0, 0.05) is 38.4 Å². The van der Waals surface area contributed by atoms with Gasteiger partial charge in [0.25, 0.3) is 0 Å². The SMILES string of the molecule is CCC(O)(CC)CNC(=O)NC1CCN(Cc2ccccn2)CC1C. The number of carbonyl (C=O) groups excluding carboxylic acids is 1. The highest BCUT2D eigenvalue weighted by atomic mass is 16.3. The maximum atomic E-state index is 12.2. The highest BCUT2D eigenvalue weighted by Crippen LogP contribution is 2.18. The summed E-state index contributed by atoms with van der Waals surface area (Å²) in [6.45, 7) is 9.06. The number of rotatable bonds is 7. The molecule has 2 heterocycles. The summed E-state index contributed by atoms with van der Waals surface area (Å²) in [7, 11) is 0. The first-order valence-corrected chi connectivity index (χ1v) is 9.34. The fourth-order valence-electron chi connectivity index (χ4n) is 3.27. The number of nitrogens with one attached hydrogen (secondary N) is 2. The molecule has 1 aliphatic rings.